The third-order valence-electron chi connectivity index (χ3n) is 2.53. The summed E-state index contributed by atoms with van der Waals surface area (Å²) in [4.78, 5) is 10.9. The summed E-state index contributed by atoms with van der Waals surface area (Å²) < 4.78 is 5.88. The van der Waals surface area contributed by atoms with E-state index in [-0.39, 0.29) is 17.1 Å². The molecule has 1 N–H and O–H groups in total. The molecule has 0 atom stereocenters. The summed E-state index contributed by atoms with van der Waals surface area (Å²) in [7, 11) is 1.40. The van der Waals surface area contributed by atoms with Crippen molar-refractivity contribution in [1.29, 1.82) is 0 Å². The number of phenols is 1. The number of methoxy groups -OCH3 is 1. The van der Waals surface area contributed by atoms with Crippen LogP contribution in [0.15, 0.2) is 51.1 Å². The van der Waals surface area contributed by atoms with E-state index in [2.05, 4.69) is 26.2 Å². The first kappa shape index (κ1) is 14.2. The Morgan fingerprint density at radius 2 is 1.95 bits per heavy atom. The highest BCUT2D eigenvalue weighted by Gasteiger charge is 2.09. The maximum absolute atomic E-state index is 10.9. The zero-order chi connectivity index (χ0) is 14.5. The molecule has 0 aliphatic carbocycles. The molecule has 0 fully saturated rings. The summed E-state index contributed by atoms with van der Waals surface area (Å²) >= 11 is 3.34. The molecule has 0 aliphatic heterocycles. The molecule has 0 saturated heterocycles. The van der Waals surface area contributed by atoms with E-state index in [0.717, 1.165) is 4.47 Å². The molecular weight excluding hydrogens is 324 g/mol. The van der Waals surface area contributed by atoms with Gasteiger partial charge in [0.05, 0.1) is 24.0 Å². The van der Waals surface area contributed by atoms with Gasteiger partial charge in [-0.15, -0.1) is 0 Å². The van der Waals surface area contributed by atoms with E-state index in [9.17, 15) is 9.90 Å². The van der Waals surface area contributed by atoms with E-state index in [1.165, 1.54) is 19.2 Å². The molecule has 0 saturated carbocycles. The van der Waals surface area contributed by atoms with Gasteiger partial charge >= 0.3 is 0 Å². The van der Waals surface area contributed by atoms with Crippen LogP contribution in [-0.2, 0) is 0 Å². The minimum Gasteiger partial charge on any atom is -0.504 e. The van der Waals surface area contributed by atoms with E-state index in [4.69, 9.17) is 4.74 Å². The summed E-state index contributed by atoms with van der Waals surface area (Å²) in [5.74, 6) is -0.0262. The lowest BCUT2D eigenvalue weighted by Crippen LogP contribution is -1.88. The number of rotatable bonds is 4. The molecule has 6 heteroatoms. The highest BCUT2D eigenvalue weighted by atomic mass is 79.9. The predicted molar refractivity (Wildman–Crippen MR) is 78.4 cm³/mol. The van der Waals surface area contributed by atoms with Crippen molar-refractivity contribution in [2.45, 2.75) is 0 Å². The molecule has 0 radical (unpaired) electrons. The SMILES string of the molecule is COc1cc(N=Nc2cccc(Br)c2)cc(C=O)c1O. The van der Waals surface area contributed by atoms with Crippen molar-refractivity contribution >= 4 is 33.6 Å². The van der Waals surface area contributed by atoms with E-state index in [1.807, 2.05) is 18.2 Å². The van der Waals surface area contributed by atoms with Crippen molar-refractivity contribution in [3.8, 4) is 11.5 Å². The van der Waals surface area contributed by atoms with Gasteiger partial charge < -0.3 is 9.84 Å². The molecule has 20 heavy (non-hydrogen) atoms. The van der Waals surface area contributed by atoms with E-state index >= 15 is 0 Å². The maximum atomic E-state index is 10.9. The summed E-state index contributed by atoms with van der Waals surface area (Å²) in [5.41, 5.74) is 1.19. The molecule has 0 aromatic heterocycles. The molecule has 0 unspecified atom stereocenters. The lowest BCUT2D eigenvalue weighted by molar-refractivity contribution is 0.112. The quantitative estimate of drug-likeness (QED) is 0.665. The Labute approximate surface area is 124 Å². The topological polar surface area (TPSA) is 71.2 Å². The van der Waals surface area contributed by atoms with Gasteiger partial charge in [0.15, 0.2) is 17.8 Å². The van der Waals surface area contributed by atoms with Gasteiger partial charge in [0.1, 0.15) is 0 Å². The van der Waals surface area contributed by atoms with Crippen molar-refractivity contribution in [3.05, 3.63) is 46.4 Å². The Balaban J connectivity index is 2.36. The predicted octanol–water partition coefficient (Wildman–Crippen LogP) is 4.39. The molecule has 0 aliphatic rings. The fraction of sp³-hybridized carbons (Fsp3) is 0.0714. The standard InChI is InChI=1S/C14H11BrN2O3/c1-20-13-7-12(5-9(8-18)14(13)19)17-16-11-4-2-3-10(15)6-11/h2-8,19H,1H3. The first-order valence-corrected chi connectivity index (χ1v) is 6.47. The number of halogens is 1. The summed E-state index contributed by atoms with van der Waals surface area (Å²) in [6, 6.07) is 10.3. The van der Waals surface area contributed by atoms with E-state index in [1.54, 1.807) is 6.07 Å². The van der Waals surface area contributed by atoms with Crippen molar-refractivity contribution in [2.24, 2.45) is 10.2 Å². The number of benzene rings is 2. The van der Waals surface area contributed by atoms with E-state index < -0.39 is 0 Å². The Kier molecular flexibility index (Phi) is 4.47. The Hall–Kier alpha value is -2.21. The molecule has 0 amide bonds. The molecule has 0 bridgehead atoms. The molecule has 102 valence electrons. The van der Waals surface area contributed by atoms with Crippen molar-refractivity contribution < 1.29 is 14.6 Å². The monoisotopic (exact) mass is 334 g/mol. The second-order valence-electron chi connectivity index (χ2n) is 3.88. The lowest BCUT2D eigenvalue weighted by Gasteiger charge is -2.05. The zero-order valence-electron chi connectivity index (χ0n) is 10.6. The fourth-order valence-electron chi connectivity index (χ4n) is 1.57. The molecule has 2 aromatic rings. The van der Waals surface area contributed by atoms with Crippen molar-refractivity contribution in [1.82, 2.24) is 0 Å². The minimum atomic E-state index is -0.205. The summed E-state index contributed by atoms with van der Waals surface area (Å²) in [6.45, 7) is 0. The van der Waals surface area contributed by atoms with Crippen LogP contribution in [0.5, 0.6) is 11.5 Å². The number of phenolic OH excluding ortho intramolecular Hbond substituents is 1. The van der Waals surface area contributed by atoms with Crippen molar-refractivity contribution in [2.75, 3.05) is 7.11 Å². The first-order chi connectivity index (χ1) is 9.63. The second-order valence-corrected chi connectivity index (χ2v) is 4.80. The van der Waals surface area contributed by atoms with Gasteiger partial charge in [0.25, 0.3) is 0 Å². The van der Waals surface area contributed by atoms with Gasteiger partial charge in [0, 0.05) is 10.5 Å². The molecule has 5 nitrogen and oxygen atoms in total. The summed E-state index contributed by atoms with van der Waals surface area (Å²) in [5, 5.41) is 17.8. The molecule has 0 heterocycles. The number of carbonyl (C=O) groups is 1. The number of hydrogen-bond donors (Lipinski definition) is 1. The van der Waals surface area contributed by atoms with Gasteiger partial charge in [-0.1, -0.05) is 22.0 Å². The normalized spacial score (nSPS) is 10.7. The maximum Gasteiger partial charge on any atom is 0.168 e. The van der Waals surface area contributed by atoms with Crippen LogP contribution in [0.1, 0.15) is 10.4 Å². The number of aldehydes is 1. The number of azo groups is 1. The van der Waals surface area contributed by atoms with Crippen LogP contribution >= 0.6 is 15.9 Å². The van der Waals surface area contributed by atoms with Gasteiger partial charge in [-0.05, 0) is 24.3 Å². The highest BCUT2D eigenvalue weighted by Crippen LogP contribution is 2.34. The molecule has 2 aromatic carbocycles. The van der Waals surface area contributed by atoms with Gasteiger partial charge in [-0.3, -0.25) is 4.79 Å². The molecule has 2 rings (SSSR count). The fourth-order valence-corrected chi connectivity index (χ4v) is 1.96. The van der Waals surface area contributed by atoms with Crippen LogP contribution in [0.25, 0.3) is 0 Å². The smallest absolute Gasteiger partial charge is 0.168 e. The number of ether oxygens (including phenoxy) is 1. The largest absolute Gasteiger partial charge is 0.504 e. The van der Waals surface area contributed by atoms with Crippen LogP contribution in [0.3, 0.4) is 0 Å². The third kappa shape index (κ3) is 3.21. The average molecular weight is 335 g/mol. The number of aromatic hydroxyl groups is 1. The Morgan fingerprint density at radius 3 is 2.60 bits per heavy atom. The number of carbonyl (C=O) groups excluding carboxylic acids is 1. The van der Waals surface area contributed by atoms with Crippen LogP contribution in [0, 0.1) is 0 Å². The van der Waals surface area contributed by atoms with Crippen LogP contribution < -0.4 is 4.74 Å². The van der Waals surface area contributed by atoms with Crippen molar-refractivity contribution in [3.63, 3.8) is 0 Å². The molecular formula is C14H11BrN2O3. The first-order valence-electron chi connectivity index (χ1n) is 5.67. The van der Waals surface area contributed by atoms with E-state index in [0.29, 0.717) is 17.7 Å². The number of hydrogen-bond acceptors (Lipinski definition) is 5. The molecule has 0 spiro atoms. The lowest BCUT2D eigenvalue weighted by atomic mass is 10.2. The minimum absolute atomic E-state index is 0.104. The zero-order valence-corrected chi connectivity index (χ0v) is 12.2. The van der Waals surface area contributed by atoms with Crippen LogP contribution in [-0.4, -0.2) is 18.5 Å². The average Bonchev–Trinajstić information content (AvgIpc) is 2.46. The van der Waals surface area contributed by atoms with Gasteiger partial charge in [-0.2, -0.15) is 10.2 Å². The van der Waals surface area contributed by atoms with Gasteiger partial charge in [0.2, 0.25) is 0 Å². The Morgan fingerprint density at radius 1 is 1.20 bits per heavy atom. The number of nitrogens with zero attached hydrogens (tertiary/aromatic N) is 2. The third-order valence-corrected chi connectivity index (χ3v) is 3.02. The second kappa shape index (κ2) is 6.29. The van der Waals surface area contributed by atoms with Crippen LogP contribution in [0.2, 0.25) is 0 Å². The highest BCUT2D eigenvalue weighted by molar-refractivity contribution is 9.10. The summed E-state index contributed by atoms with van der Waals surface area (Å²) in [6.07, 6.45) is 0.538. The van der Waals surface area contributed by atoms with Crippen LogP contribution in [0.4, 0.5) is 11.4 Å². The van der Waals surface area contributed by atoms with Gasteiger partial charge in [-0.25, -0.2) is 0 Å². The Bertz CT molecular complexity index is 671.